The third kappa shape index (κ3) is 4.78. The first kappa shape index (κ1) is 20.9. The van der Waals surface area contributed by atoms with E-state index in [1.54, 1.807) is 13.2 Å². The number of carbonyl (C=O) groups is 1. The first-order valence-corrected chi connectivity index (χ1v) is 9.91. The van der Waals surface area contributed by atoms with Crippen molar-refractivity contribution in [1.29, 1.82) is 0 Å². The minimum Gasteiger partial charge on any atom is -0.497 e. The average molecular weight is 430 g/mol. The lowest BCUT2D eigenvalue weighted by atomic mass is 10.2. The van der Waals surface area contributed by atoms with Gasteiger partial charge in [0.25, 0.3) is 0 Å². The number of hydrogen-bond donors (Lipinski definition) is 1. The van der Waals surface area contributed by atoms with Gasteiger partial charge in [-0.15, -0.1) is 10.2 Å². The van der Waals surface area contributed by atoms with Gasteiger partial charge < -0.3 is 9.30 Å². The number of thioether (sulfide) groups is 1. The van der Waals surface area contributed by atoms with E-state index in [0.29, 0.717) is 16.0 Å². The second-order valence-corrected chi connectivity index (χ2v) is 7.56. The van der Waals surface area contributed by atoms with Crippen LogP contribution in [0.15, 0.2) is 52.7 Å². The van der Waals surface area contributed by atoms with E-state index in [9.17, 15) is 4.79 Å². The number of anilines is 1. The summed E-state index contributed by atoms with van der Waals surface area (Å²) in [5.74, 6) is 1.26. The Morgan fingerprint density at radius 2 is 1.93 bits per heavy atom. The number of hydrazone groups is 1. The van der Waals surface area contributed by atoms with E-state index in [4.69, 9.17) is 16.3 Å². The molecular weight excluding hydrogens is 410 g/mol. The maximum absolute atomic E-state index is 12.1. The Kier molecular flexibility index (Phi) is 6.56. The molecule has 0 aliphatic heterocycles. The van der Waals surface area contributed by atoms with Crippen molar-refractivity contribution < 1.29 is 9.53 Å². The van der Waals surface area contributed by atoms with Crippen LogP contribution in [0.25, 0.3) is 11.4 Å². The normalized spacial score (nSPS) is 11.4. The van der Waals surface area contributed by atoms with Crippen LogP contribution < -0.4 is 10.2 Å². The smallest absolute Gasteiger partial charge is 0.197 e. The maximum Gasteiger partial charge on any atom is 0.197 e. The van der Waals surface area contributed by atoms with Crippen LogP contribution in [0.4, 0.5) is 5.69 Å². The van der Waals surface area contributed by atoms with Crippen LogP contribution in [0, 0.1) is 6.92 Å². The van der Waals surface area contributed by atoms with Crippen LogP contribution in [0.1, 0.15) is 12.5 Å². The lowest BCUT2D eigenvalue weighted by Gasteiger charge is -2.08. The summed E-state index contributed by atoms with van der Waals surface area (Å²) < 4.78 is 7.00. The number of hydrogen-bond acceptors (Lipinski definition) is 7. The van der Waals surface area contributed by atoms with Crippen molar-refractivity contribution in [3.8, 4) is 17.1 Å². The second-order valence-electron chi connectivity index (χ2n) is 6.19. The van der Waals surface area contributed by atoms with Gasteiger partial charge in [0.1, 0.15) is 5.75 Å². The minimum atomic E-state index is -0.184. The fourth-order valence-corrected chi connectivity index (χ4v) is 3.38. The molecule has 9 heteroatoms. The summed E-state index contributed by atoms with van der Waals surface area (Å²) in [6.45, 7) is 3.34. The molecule has 0 fully saturated rings. The highest BCUT2D eigenvalue weighted by Crippen LogP contribution is 2.26. The highest BCUT2D eigenvalue weighted by molar-refractivity contribution is 8.15. The van der Waals surface area contributed by atoms with Crippen molar-refractivity contribution in [2.45, 2.75) is 19.0 Å². The molecule has 1 N–H and O–H groups in total. The number of carbonyl (C=O) groups excluding carboxylic acids is 1. The number of methoxy groups -OCH3 is 1. The predicted octanol–water partition coefficient (Wildman–Crippen LogP) is 4.56. The highest BCUT2D eigenvalue weighted by atomic mass is 35.5. The topological polar surface area (TPSA) is 81.4 Å². The van der Waals surface area contributed by atoms with Crippen LogP contribution in [0.3, 0.4) is 0 Å². The number of halogens is 1. The second kappa shape index (κ2) is 9.11. The zero-order chi connectivity index (χ0) is 21.0. The van der Waals surface area contributed by atoms with E-state index >= 15 is 0 Å². The molecule has 0 aliphatic rings. The van der Waals surface area contributed by atoms with Crippen LogP contribution in [-0.2, 0) is 11.8 Å². The summed E-state index contributed by atoms with van der Waals surface area (Å²) in [7, 11) is 3.46. The van der Waals surface area contributed by atoms with Crippen molar-refractivity contribution in [2.75, 3.05) is 12.5 Å². The van der Waals surface area contributed by atoms with Crippen LogP contribution >= 0.6 is 23.4 Å². The molecule has 1 heterocycles. The molecule has 0 spiro atoms. The zero-order valence-corrected chi connectivity index (χ0v) is 18.0. The highest BCUT2D eigenvalue weighted by Gasteiger charge is 2.17. The maximum atomic E-state index is 12.1. The molecule has 29 heavy (non-hydrogen) atoms. The number of nitrogens with zero attached hydrogens (tertiary/aromatic N) is 4. The summed E-state index contributed by atoms with van der Waals surface area (Å²) in [5, 5.41) is 14.2. The molecule has 0 radical (unpaired) electrons. The average Bonchev–Trinajstić information content (AvgIpc) is 3.08. The van der Waals surface area contributed by atoms with Gasteiger partial charge in [-0.3, -0.25) is 10.2 Å². The molecule has 0 amide bonds. The fraction of sp³-hybridized carbons (Fsp3) is 0.200. The van der Waals surface area contributed by atoms with E-state index in [0.717, 1.165) is 34.3 Å². The van der Waals surface area contributed by atoms with Gasteiger partial charge in [0.05, 0.1) is 12.8 Å². The Morgan fingerprint density at radius 3 is 2.59 bits per heavy atom. The van der Waals surface area contributed by atoms with Crippen LogP contribution in [0.5, 0.6) is 5.75 Å². The summed E-state index contributed by atoms with van der Waals surface area (Å²) >= 11 is 7.28. The third-order valence-corrected chi connectivity index (χ3v) is 5.74. The monoisotopic (exact) mass is 429 g/mol. The number of benzene rings is 2. The largest absolute Gasteiger partial charge is 0.497 e. The van der Waals surface area contributed by atoms with Gasteiger partial charge in [-0.25, -0.2) is 0 Å². The Bertz CT molecular complexity index is 1060. The van der Waals surface area contributed by atoms with E-state index in [2.05, 4.69) is 20.7 Å². The van der Waals surface area contributed by atoms with Gasteiger partial charge in [0.2, 0.25) is 0 Å². The van der Waals surface area contributed by atoms with Gasteiger partial charge in [-0.05, 0) is 60.6 Å². The SMILES string of the molecule is COc1ccc(-c2nnc(S/C(=N/Nc3cccc(Cl)c3C)C(C)=O)n2C)cc1. The summed E-state index contributed by atoms with van der Waals surface area (Å²) in [6, 6.07) is 13.0. The van der Waals surface area contributed by atoms with Crippen LogP contribution in [-0.4, -0.2) is 32.7 Å². The molecule has 0 saturated carbocycles. The Balaban J connectivity index is 1.83. The van der Waals surface area contributed by atoms with Crippen molar-refractivity contribution in [3.05, 3.63) is 53.1 Å². The summed E-state index contributed by atoms with van der Waals surface area (Å²) in [5.41, 5.74) is 5.39. The molecule has 3 rings (SSSR count). The zero-order valence-electron chi connectivity index (χ0n) is 16.4. The lowest BCUT2D eigenvalue weighted by Crippen LogP contribution is -2.10. The molecule has 0 unspecified atom stereocenters. The number of nitrogens with one attached hydrogen (secondary N) is 1. The summed E-state index contributed by atoms with van der Waals surface area (Å²) in [6.07, 6.45) is 0. The fourth-order valence-electron chi connectivity index (χ4n) is 2.49. The van der Waals surface area contributed by atoms with Gasteiger partial charge in [-0.1, -0.05) is 17.7 Å². The van der Waals surface area contributed by atoms with E-state index in [1.807, 2.05) is 54.9 Å². The van der Waals surface area contributed by atoms with E-state index in [1.165, 1.54) is 6.92 Å². The van der Waals surface area contributed by atoms with Gasteiger partial charge in [0.15, 0.2) is 21.8 Å². The Morgan fingerprint density at radius 1 is 1.21 bits per heavy atom. The molecule has 2 aromatic carbocycles. The van der Waals surface area contributed by atoms with Crippen molar-refractivity contribution in [1.82, 2.24) is 14.8 Å². The predicted molar refractivity (Wildman–Crippen MR) is 117 cm³/mol. The van der Waals surface area contributed by atoms with Gasteiger partial charge in [0, 0.05) is 24.6 Å². The number of ether oxygens (including phenoxy) is 1. The van der Waals surface area contributed by atoms with E-state index < -0.39 is 0 Å². The van der Waals surface area contributed by atoms with Crippen molar-refractivity contribution in [3.63, 3.8) is 0 Å². The van der Waals surface area contributed by atoms with Gasteiger partial charge in [-0.2, -0.15) is 5.10 Å². The molecule has 7 nitrogen and oxygen atoms in total. The molecule has 0 saturated heterocycles. The number of aromatic nitrogens is 3. The molecule has 3 aromatic rings. The molecular formula is C20H20ClN5O2S. The standard InChI is InChI=1S/C20H20ClN5O2S/c1-12-16(21)6-5-7-17(12)22-24-19(13(2)27)29-20-25-23-18(26(20)3)14-8-10-15(28-4)11-9-14/h5-11,22H,1-4H3/b24-19+. The number of rotatable bonds is 6. The van der Waals surface area contributed by atoms with Crippen LogP contribution in [0.2, 0.25) is 5.02 Å². The number of Topliss-reactive ketones (excluding diaryl/α,β-unsaturated/α-hetero) is 1. The minimum absolute atomic E-state index is 0.184. The van der Waals surface area contributed by atoms with Gasteiger partial charge >= 0.3 is 0 Å². The lowest BCUT2D eigenvalue weighted by molar-refractivity contribution is -0.110. The molecule has 0 atom stereocenters. The quantitative estimate of drug-likeness (QED) is 0.268. The van der Waals surface area contributed by atoms with E-state index in [-0.39, 0.29) is 10.8 Å². The Hall–Kier alpha value is -2.84. The van der Waals surface area contributed by atoms with Crippen molar-refractivity contribution in [2.24, 2.45) is 12.1 Å². The first-order valence-electron chi connectivity index (χ1n) is 8.72. The summed E-state index contributed by atoms with van der Waals surface area (Å²) in [4.78, 5) is 12.1. The third-order valence-electron chi connectivity index (χ3n) is 4.22. The molecule has 150 valence electrons. The molecule has 0 bridgehead atoms. The van der Waals surface area contributed by atoms with Crippen molar-refractivity contribution >= 4 is 39.9 Å². The number of ketones is 1. The Labute approximate surface area is 178 Å². The molecule has 0 aliphatic carbocycles. The molecule has 1 aromatic heterocycles. The first-order chi connectivity index (χ1) is 13.9.